The summed E-state index contributed by atoms with van der Waals surface area (Å²) in [6.45, 7) is 5.45. The van der Waals surface area contributed by atoms with E-state index in [-0.39, 0.29) is 0 Å². The minimum absolute atomic E-state index is 0.458. The highest BCUT2D eigenvalue weighted by molar-refractivity contribution is 5.17. The molecule has 0 saturated carbocycles. The van der Waals surface area contributed by atoms with Crippen molar-refractivity contribution in [3.8, 4) is 0 Å². The Hall–Kier alpha value is -0.820. The molecule has 0 saturated heterocycles. The molecule has 0 aliphatic heterocycles. The summed E-state index contributed by atoms with van der Waals surface area (Å²) in [6.07, 6.45) is 1.18. The highest BCUT2D eigenvalue weighted by Gasteiger charge is 2.00. The summed E-state index contributed by atoms with van der Waals surface area (Å²) in [6, 6.07) is 11.6. The highest BCUT2D eigenvalue weighted by Crippen LogP contribution is 2.10. The molecule has 0 aromatic heterocycles. The van der Waals surface area contributed by atoms with Crippen molar-refractivity contribution in [2.45, 2.75) is 26.3 Å². The Morgan fingerprint density at radius 3 is 2.67 bits per heavy atom. The molecule has 1 heteroatoms. The van der Waals surface area contributed by atoms with Gasteiger partial charge in [-0.2, -0.15) is 0 Å². The molecule has 1 aromatic rings. The first-order valence-electron chi connectivity index (χ1n) is 4.54. The van der Waals surface area contributed by atoms with Gasteiger partial charge in [0.15, 0.2) is 0 Å². The van der Waals surface area contributed by atoms with Crippen LogP contribution in [0.25, 0.3) is 0 Å². The van der Waals surface area contributed by atoms with Crippen LogP contribution in [0.2, 0.25) is 0 Å². The lowest BCUT2D eigenvalue weighted by molar-refractivity contribution is 0.571. The summed E-state index contributed by atoms with van der Waals surface area (Å²) in [5.74, 6) is 0. The largest absolute Gasteiger partial charge is 0.310 e. The van der Waals surface area contributed by atoms with Crippen LogP contribution in [0.1, 0.15) is 31.9 Å². The second-order valence-corrected chi connectivity index (χ2v) is 3.01. The van der Waals surface area contributed by atoms with Gasteiger partial charge in [0.25, 0.3) is 0 Å². The molecule has 1 aromatic carbocycles. The van der Waals surface area contributed by atoms with E-state index in [9.17, 15) is 0 Å². The molecule has 1 unspecified atom stereocenters. The molecule has 1 rings (SSSR count). The number of nitrogens with one attached hydrogen (secondary N) is 1. The van der Waals surface area contributed by atoms with E-state index < -0.39 is 0 Å². The molecule has 1 nitrogen and oxygen atoms in total. The van der Waals surface area contributed by atoms with E-state index in [0.717, 1.165) is 6.54 Å². The zero-order valence-electron chi connectivity index (χ0n) is 7.80. The average Bonchev–Trinajstić information content (AvgIpc) is 2.15. The highest BCUT2D eigenvalue weighted by atomic mass is 14.9. The zero-order chi connectivity index (χ0) is 8.81. The van der Waals surface area contributed by atoms with Gasteiger partial charge in [-0.05, 0) is 31.5 Å². The molecule has 12 heavy (non-hydrogen) atoms. The Morgan fingerprint density at radius 2 is 2.08 bits per heavy atom. The van der Waals surface area contributed by atoms with E-state index in [4.69, 9.17) is 0 Å². The number of hydrogen-bond donors (Lipinski definition) is 1. The van der Waals surface area contributed by atoms with Gasteiger partial charge in [-0.1, -0.05) is 31.2 Å². The number of benzene rings is 1. The van der Waals surface area contributed by atoms with Gasteiger partial charge in [0.1, 0.15) is 0 Å². The average molecular weight is 162 g/mol. The third kappa shape index (κ3) is 2.67. The first-order chi connectivity index (χ1) is 5.84. The van der Waals surface area contributed by atoms with Crippen LogP contribution in [-0.2, 0) is 0 Å². The molecular weight excluding hydrogens is 146 g/mol. The van der Waals surface area contributed by atoms with Crippen LogP contribution in [0.15, 0.2) is 24.3 Å². The first-order valence-corrected chi connectivity index (χ1v) is 4.54. The van der Waals surface area contributed by atoms with Crippen LogP contribution < -0.4 is 5.32 Å². The van der Waals surface area contributed by atoms with Crippen LogP contribution in [-0.4, -0.2) is 6.54 Å². The van der Waals surface area contributed by atoms with Crippen LogP contribution in [0.4, 0.5) is 0 Å². The van der Waals surface area contributed by atoms with Crippen molar-refractivity contribution >= 4 is 0 Å². The van der Waals surface area contributed by atoms with Gasteiger partial charge in [0.2, 0.25) is 0 Å². The van der Waals surface area contributed by atoms with Gasteiger partial charge in [-0.15, -0.1) is 0 Å². The normalized spacial score (nSPS) is 12.8. The quantitative estimate of drug-likeness (QED) is 0.717. The summed E-state index contributed by atoms with van der Waals surface area (Å²) in [7, 11) is 0. The standard InChI is InChI=1S/C11H16N/c1-3-9-12-10(2)11-7-5-4-6-8-11/h5-8,10,12H,3,9H2,1-2H3. The molecule has 0 heterocycles. The zero-order valence-corrected chi connectivity index (χ0v) is 7.80. The monoisotopic (exact) mass is 162 g/mol. The fourth-order valence-electron chi connectivity index (χ4n) is 1.17. The van der Waals surface area contributed by atoms with Crippen molar-refractivity contribution < 1.29 is 0 Å². The number of rotatable bonds is 4. The summed E-state index contributed by atoms with van der Waals surface area (Å²) < 4.78 is 0. The second kappa shape index (κ2) is 4.94. The van der Waals surface area contributed by atoms with Crippen LogP contribution in [0.5, 0.6) is 0 Å². The molecule has 0 bridgehead atoms. The van der Waals surface area contributed by atoms with Crippen molar-refractivity contribution in [3.05, 3.63) is 35.9 Å². The molecule has 0 amide bonds. The lowest BCUT2D eigenvalue weighted by atomic mass is 10.1. The first kappa shape index (κ1) is 9.27. The molecule has 1 N–H and O–H groups in total. The number of hydrogen-bond acceptors (Lipinski definition) is 1. The van der Waals surface area contributed by atoms with Crippen molar-refractivity contribution in [2.75, 3.05) is 6.54 Å². The minimum atomic E-state index is 0.458. The van der Waals surface area contributed by atoms with E-state index in [1.165, 1.54) is 12.0 Å². The van der Waals surface area contributed by atoms with Crippen molar-refractivity contribution in [1.29, 1.82) is 0 Å². The van der Waals surface area contributed by atoms with Crippen molar-refractivity contribution in [3.63, 3.8) is 0 Å². The van der Waals surface area contributed by atoms with E-state index in [0.29, 0.717) is 6.04 Å². The van der Waals surface area contributed by atoms with Crippen molar-refractivity contribution in [1.82, 2.24) is 5.32 Å². The molecule has 1 atom stereocenters. The van der Waals surface area contributed by atoms with Gasteiger partial charge in [0.05, 0.1) is 0 Å². The maximum atomic E-state index is 3.43. The second-order valence-electron chi connectivity index (χ2n) is 3.01. The SMILES string of the molecule is CCCNC(C)c1cc[c]cc1. The summed E-state index contributed by atoms with van der Waals surface area (Å²) in [5.41, 5.74) is 1.34. The van der Waals surface area contributed by atoms with Crippen LogP contribution in [0.3, 0.4) is 0 Å². The van der Waals surface area contributed by atoms with Gasteiger partial charge in [0, 0.05) is 6.04 Å². The van der Waals surface area contributed by atoms with E-state index in [2.05, 4.69) is 37.4 Å². The smallest absolute Gasteiger partial charge is 0.0291 e. The van der Waals surface area contributed by atoms with Gasteiger partial charge in [-0.25, -0.2) is 0 Å². The fraction of sp³-hybridized carbons (Fsp3) is 0.455. The Morgan fingerprint density at radius 1 is 1.42 bits per heavy atom. The predicted molar refractivity (Wildman–Crippen MR) is 52.0 cm³/mol. The lowest BCUT2D eigenvalue weighted by Crippen LogP contribution is -2.18. The molecule has 0 aliphatic carbocycles. The molecule has 65 valence electrons. The summed E-state index contributed by atoms with van der Waals surface area (Å²) in [5, 5.41) is 3.43. The van der Waals surface area contributed by atoms with Crippen LogP contribution in [0, 0.1) is 6.07 Å². The third-order valence-corrected chi connectivity index (χ3v) is 1.94. The van der Waals surface area contributed by atoms with Crippen molar-refractivity contribution in [2.24, 2.45) is 0 Å². The van der Waals surface area contributed by atoms with E-state index >= 15 is 0 Å². The Balaban J connectivity index is 2.48. The predicted octanol–water partition coefficient (Wildman–Crippen LogP) is 2.55. The van der Waals surface area contributed by atoms with E-state index in [1.807, 2.05) is 12.1 Å². The molecule has 0 spiro atoms. The van der Waals surface area contributed by atoms with Crippen LogP contribution >= 0.6 is 0 Å². The molecule has 1 radical (unpaired) electrons. The Labute approximate surface area is 74.8 Å². The Bertz CT molecular complexity index is 206. The topological polar surface area (TPSA) is 12.0 Å². The third-order valence-electron chi connectivity index (χ3n) is 1.94. The van der Waals surface area contributed by atoms with Gasteiger partial charge < -0.3 is 5.32 Å². The van der Waals surface area contributed by atoms with E-state index in [1.54, 1.807) is 0 Å². The maximum Gasteiger partial charge on any atom is 0.0291 e. The molecular formula is C11H16N. The lowest BCUT2D eigenvalue weighted by Gasteiger charge is -2.12. The molecule has 0 aliphatic rings. The maximum absolute atomic E-state index is 3.43. The van der Waals surface area contributed by atoms with Gasteiger partial charge >= 0.3 is 0 Å². The fourth-order valence-corrected chi connectivity index (χ4v) is 1.17. The summed E-state index contributed by atoms with van der Waals surface area (Å²) >= 11 is 0. The minimum Gasteiger partial charge on any atom is -0.310 e. The molecule has 0 fully saturated rings. The van der Waals surface area contributed by atoms with Gasteiger partial charge in [-0.3, -0.25) is 0 Å². The Kier molecular flexibility index (Phi) is 3.81. The summed E-state index contributed by atoms with van der Waals surface area (Å²) in [4.78, 5) is 0.